The predicted octanol–water partition coefficient (Wildman–Crippen LogP) is 2.27. The van der Waals surface area contributed by atoms with E-state index < -0.39 is 10.0 Å². The number of nitrogens with one attached hydrogen (secondary N) is 2. The van der Waals surface area contributed by atoms with Crippen LogP contribution in [0.3, 0.4) is 0 Å². The van der Waals surface area contributed by atoms with Gasteiger partial charge < -0.3 is 11.1 Å². The van der Waals surface area contributed by atoms with Gasteiger partial charge in [0, 0.05) is 17.7 Å². The number of sulfonamides is 1. The van der Waals surface area contributed by atoms with Gasteiger partial charge in [0.05, 0.1) is 5.75 Å². The van der Waals surface area contributed by atoms with Crippen LogP contribution in [0, 0.1) is 5.41 Å². The molecule has 0 aromatic heterocycles. The average Bonchev–Trinajstić information content (AvgIpc) is 2.70. The highest BCUT2D eigenvalue weighted by Crippen LogP contribution is 2.21. The van der Waals surface area contributed by atoms with Crippen molar-refractivity contribution in [3.63, 3.8) is 0 Å². The van der Waals surface area contributed by atoms with Gasteiger partial charge in [-0.1, -0.05) is 54.6 Å². The Kier molecular flexibility index (Phi) is 6.49. The zero-order valence-electron chi connectivity index (χ0n) is 16.4. The molecule has 30 heavy (non-hydrogen) atoms. The number of nitrogen functional groups attached to an aromatic ring is 1. The summed E-state index contributed by atoms with van der Waals surface area (Å²) < 4.78 is 22.2. The lowest BCUT2D eigenvalue weighted by atomic mass is 10.00. The van der Waals surface area contributed by atoms with E-state index in [0.29, 0.717) is 30.5 Å². The van der Waals surface area contributed by atoms with Crippen molar-refractivity contribution in [2.75, 3.05) is 5.75 Å². The van der Waals surface area contributed by atoms with Gasteiger partial charge in [-0.05, 0) is 40.8 Å². The second kappa shape index (κ2) is 9.06. The minimum atomic E-state index is -3.46. The van der Waals surface area contributed by atoms with Crippen LogP contribution in [-0.2, 0) is 23.0 Å². The number of amides is 1. The molecule has 156 valence electrons. The number of carbonyl (C=O) groups is 1. The first-order valence-electron chi connectivity index (χ1n) is 9.46. The van der Waals surface area contributed by atoms with Crippen LogP contribution in [0.25, 0.3) is 10.8 Å². The van der Waals surface area contributed by atoms with Crippen LogP contribution in [-0.4, -0.2) is 25.9 Å². The van der Waals surface area contributed by atoms with Gasteiger partial charge in [0.25, 0.3) is 5.91 Å². The van der Waals surface area contributed by atoms with Crippen LogP contribution < -0.4 is 16.2 Å². The van der Waals surface area contributed by atoms with E-state index in [2.05, 4.69) is 5.32 Å². The molecule has 0 unspecified atom stereocenters. The van der Waals surface area contributed by atoms with Gasteiger partial charge in [0.2, 0.25) is 10.0 Å². The van der Waals surface area contributed by atoms with Gasteiger partial charge in [-0.15, -0.1) is 0 Å². The van der Waals surface area contributed by atoms with Crippen LogP contribution in [0.4, 0.5) is 0 Å². The van der Waals surface area contributed by atoms with E-state index in [0.717, 1.165) is 21.9 Å². The SMILES string of the molecule is N=C(N)c1ccc(CNC(=O)c2cccc3cc(CCCS(N)(=O)=O)ccc23)cc1. The highest BCUT2D eigenvalue weighted by Gasteiger charge is 2.11. The van der Waals surface area contributed by atoms with Gasteiger partial charge in [0.1, 0.15) is 5.84 Å². The minimum Gasteiger partial charge on any atom is -0.384 e. The number of aryl methyl sites for hydroxylation is 1. The van der Waals surface area contributed by atoms with Gasteiger partial charge in [-0.3, -0.25) is 10.2 Å². The quantitative estimate of drug-likeness (QED) is 0.325. The summed E-state index contributed by atoms with van der Waals surface area (Å²) in [7, 11) is -3.46. The molecule has 0 aliphatic heterocycles. The van der Waals surface area contributed by atoms with Crippen molar-refractivity contribution < 1.29 is 13.2 Å². The number of rotatable bonds is 8. The molecule has 3 aromatic carbocycles. The molecule has 3 rings (SSSR count). The molecule has 0 spiro atoms. The van der Waals surface area contributed by atoms with Crippen molar-refractivity contribution in [3.05, 3.63) is 82.9 Å². The van der Waals surface area contributed by atoms with E-state index in [4.69, 9.17) is 16.3 Å². The lowest BCUT2D eigenvalue weighted by Crippen LogP contribution is -2.23. The van der Waals surface area contributed by atoms with Crippen LogP contribution in [0.1, 0.15) is 33.5 Å². The average molecular weight is 425 g/mol. The van der Waals surface area contributed by atoms with Gasteiger partial charge in [-0.2, -0.15) is 0 Å². The molecular formula is C22H24N4O3S. The molecule has 0 bridgehead atoms. The number of amidine groups is 1. The van der Waals surface area contributed by atoms with E-state index >= 15 is 0 Å². The Morgan fingerprint density at radius 2 is 1.70 bits per heavy atom. The topological polar surface area (TPSA) is 139 Å². The lowest BCUT2D eigenvalue weighted by molar-refractivity contribution is 0.0952. The fraction of sp³-hybridized carbons (Fsp3) is 0.182. The third kappa shape index (κ3) is 5.65. The first kappa shape index (κ1) is 21.5. The first-order chi connectivity index (χ1) is 14.2. The first-order valence-corrected chi connectivity index (χ1v) is 11.2. The van der Waals surface area contributed by atoms with Crippen LogP contribution in [0.2, 0.25) is 0 Å². The second-order valence-corrected chi connectivity index (χ2v) is 8.86. The maximum atomic E-state index is 12.7. The fourth-order valence-corrected chi connectivity index (χ4v) is 3.79. The normalized spacial score (nSPS) is 11.4. The minimum absolute atomic E-state index is 0.00496. The zero-order valence-corrected chi connectivity index (χ0v) is 17.2. The summed E-state index contributed by atoms with van der Waals surface area (Å²) >= 11 is 0. The Balaban J connectivity index is 1.70. The number of primary sulfonamides is 1. The molecule has 0 aliphatic carbocycles. The maximum absolute atomic E-state index is 12.7. The fourth-order valence-electron chi connectivity index (χ4n) is 3.24. The van der Waals surface area contributed by atoms with Crippen LogP contribution in [0.15, 0.2) is 60.7 Å². The molecule has 0 atom stereocenters. The number of fused-ring (bicyclic) bond motifs is 1. The van der Waals surface area contributed by atoms with E-state index in [-0.39, 0.29) is 17.5 Å². The Morgan fingerprint density at radius 3 is 2.37 bits per heavy atom. The summed E-state index contributed by atoms with van der Waals surface area (Å²) in [5.74, 6) is -0.232. The lowest BCUT2D eigenvalue weighted by Gasteiger charge is -2.10. The summed E-state index contributed by atoms with van der Waals surface area (Å²) in [6, 6.07) is 18.4. The highest BCUT2D eigenvalue weighted by atomic mass is 32.2. The molecule has 8 heteroatoms. The Morgan fingerprint density at radius 1 is 1.00 bits per heavy atom. The molecule has 1 amide bonds. The zero-order chi connectivity index (χ0) is 21.7. The standard InChI is InChI=1S/C22H24N4O3S/c23-21(24)17-9-6-16(7-10-17)14-26-22(27)20-5-1-4-18-13-15(8-11-19(18)20)3-2-12-30(25,28)29/h1,4-11,13H,2-3,12,14H2,(H3,23,24)(H,26,27)(H2,25,28,29). The summed E-state index contributed by atoms with van der Waals surface area (Å²) in [5.41, 5.74) is 8.57. The van der Waals surface area contributed by atoms with Crippen LogP contribution in [0.5, 0.6) is 0 Å². The molecule has 7 nitrogen and oxygen atoms in total. The number of hydrogen-bond donors (Lipinski definition) is 4. The summed E-state index contributed by atoms with van der Waals surface area (Å²) in [4.78, 5) is 12.7. The molecule has 0 heterocycles. The number of benzene rings is 3. The monoisotopic (exact) mass is 424 g/mol. The van der Waals surface area contributed by atoms with Gasteiger partial charge in [0.15, 0.2) is 0 Å². The van der Waals surface area contributed by atoms with Crippen molar-refractivity contribution in [1.29, 1.82) is 5.41 Å². The molecule has 3 aromatic rings. The number of nitrogens with two attached hydrogens (primary N) is 2. The van der Waals surface area contributed by atoms with Crippen molar-refractivity contribution in [3.8, 4) is 0 Å². The summed E-state index contributed by atoms with van der Waals surface area (Å²) in [6.07, 6.45) is 1.05. The smallest absolute Gasteiger partial charge is 0.252 e. The number of carbonyl (C=O) groups excluding carboxylic acids is 1. The predicted molar refractivity (Wildman–Crippen MR) is 119 cm³/mol. The van der Waals surface area contributed by atoms with Gasteiger partial charge >= 0.3 is 0 Å². The van der Waals surface area contributed by atoms with E-state index in [9.17, 15) is 13.2 Å². The largest absolute Gasteiger partial charge is 0.384 e. The number of hydrogen-bond acceptors (Lipinski definition) is 4. The maximum Gasteiger partial charge on any atom is 0.252 e. The van der Waals surface area contributed by atoms with Gasteiger partial charge in [-0.25, -0.2) is 13.6 Å². The van der Waals surface area contributed by atoms with Crippen molar-refractivity contribution in [2.45, 2.75) is 19.4 Å². The Labute approximate surface area is 175 Å². The third-order valence-electron chi connectivity index (χ3n) is 4.80. The molecule has 0 radical (unpaired) electrons. The van der Waals surface area contributed by atoms with Crippen molar-refractivity contribution >= 4 is 32.5 Å². The van der Waals surface area contributed by atoms with E-state index in [1.807, 2.05) is 42.5 Å². The molecule has 0 saturated heterocycles. The molecule has 0 aliphatic rings. The Bertz CT molecular complexity index is 1190. The second-order valence-electron chi connectivity index (χ2n) is 7.12. The van der Waals surface area contributed by atoms with E-state index in [1.54, 1.807) is 18.2 Å². The van der Waals surface area contributed by atoms with E-state index in [1.165, 1.54) is 0 Å². The van der Waals surface area contributed by atoms with Crippen LogP contribution >= 0.6 is 0 Å². The molecule has 0 saturated carbocycles. The summed E-state index contributed by atoms with van der Waals surface area (Å²) in [5, 5.41) is 17.1. The van der Waals surface area contributed by atoms with Crippen molar-refractivity contribution in [1.82, 2.24) is 5.32 Å². The highest BCUT2D eigenvalue weighted by molar-refractivity contribution is 7.89. The van der Waals surface area contributed by atoms with Crippen molar-refractivity contribution in [2.24, 2.45) is 10.9 Å². The molecule has 6 N–H and O–H groups in total. The molecular weight excluding hydrogens is 400 g/mol. The Hall–Kier alpha value is -3.23. The summed E-state index contributed by atoms with van der Waals surface area (Å²) in [6.45, 7) is 0.360. The molecule has 0 fully saturated rings. The third-order valence-corrected chi connectivity index (χ3v) is 5.66.